The smallest absolute Gasteiger partial charge is 0.416 e. The summed E-state index contributed by atoms with van der Waals surface area (Å²) in [4.78, 5) is 105. The zero-order valence-electron chi connectivity index (χ0n) is 57.7. The van der Waals surface area contributed by atoms with E-state index in [0.717, 1.165) is 18.4 Å². The number of hydrogen-bond acceptors (Lipinski definition) is 15. The molecule has 24 heteroatoms. The number of nitrogens with one attached hydrogen (secondary N) is 3. The van der Waals surface area contributed by atoms with E-state index < -0.39 is 83.4 Å². The first-order valence-corrected chi connectivity index (χ1v) is 38.5. The summed E-state index contributed by atoms with van der Waals surface area (Å²) in [6.45, 7) is 40.9. The number of ether oxygens (including phenoxy) is 6. The molecule has 1 saturated carbocycles. The van der Waals surface area contributed by atoms with Crippen LogP contribution in [-0.2, 0) is 39.3 Å². The molecule has 3 aromatic carbocycles. The molecule has 94 heavy (non-hydrogen) atoms. The largest absolute Gasteiger partial charge is 0.493 e. The number of methoxy groups -OCH3 is 1. The van der Waals surface area contributed by atoms with Crippen molar-refractivity contribution >= 4 is 75.6 Å². The SMILES string of the molecule is C=CCOC(=O)N[C@H](C(=O)N[C@@H](C)C(=O)Nc1ccc(COC(=O)N2c3cc(OCCCCCOc4cc5c(cc4OC)C(=O)N4CC(=C)C[C@H]4C(O[Si](C)(C)C(C)(C)C)N5C(=O)OCC=C)c(C)cc3C(=O)N3CC4(CC4)C[C@H]3C2O[Si](C)(C)C(C)(C)C)cc1)C(C)C. The highest BCUT2D eigenvalue weighted by Crippen LogP contribution is 2.58. The van der Waals surface area contributed by atoms with Gasteiger partial charge in [-0.1, -0.05) is 105 Å². The maximum Gasteiger partial charge on any atom is 0.416 e. The van der Waals surface area contributed by atoms with Crippen LogP contribution in [0.2, 0.25) is 36.3 Å². The molecule has 3 fully saturated rings. The maximum absolute atomic E-state index is 15.2. The molecular weight excluding hydrogens is 1230 g/mol. The molecule has 512 valence electrons. The molecule has 2 unspecified atom stereocenters. The summed E-state index contributed by atoms with van der Waals surface area (Å²) < 4.78 is 50.2. The normalized spacial score (nSPS) is 19.8. The number of fused-ring (bicyclic) bond motifs is 4. The number of carbonyl (C=O) groups excluding carboxylic acids is 7. The highest BCUT2D eigenvalue weighted by molar-refractivity contribution is 6.74. The second kappa shape index (κ2) is 29.1. The minimum atomic E-state index is -2.68. The molecule has 2 saturated heterocycles. The van der Waals surface area contributed by atoms with E-state index in [1.807, 2.05) is 11.8 Å². The van der Waals surface area contributed by atoms with Crippen LogP contribution in [0.3, 0.4) is 0 Å². The number of carbonyl (C=O) groups is 7. The highest BCUT2D eigenvalue weighted by atomic mass is 28.4. The Balaban J connectivity index is 0.979. The van der Waals surface area contributed by atoms with Crippen molar-refractivity contribution in [3.8, 4) is 17.2 Å². The molecule has 8 rings (SSSR count). The van der Waals surface area contributed by atoms with Crippen molar-refractivity contribution in [3.05, 3.63) is 108 Å². The molecular formula is C70H99N7O15Si2. The lowest BCUT2D eigenvalue weighted by Crippen LogP contribution is -2.58. The van der Waals surface area contributed by atoms with Crippen LogP contribution in [0.5, 0.6) is 17.2 Å². The Hall–Kier alpha value is -7.68. The number of anilines is 3. The average molecular weight is 1330 g/mol. The summed E-state index contributed by atoms with van der Waals surface area (Å²) in [7, 11) is -3.77. The first-order valence-electron chi connectivity index (χ1n) is 32.7. The topological polar surface area (TPSA) is 242 Å². The minimum absolute atomic E-state index is 0.0281. The first kappa shape index (κ1) is 72.2. The summed E-state index contributed by atoms with van der Waals surface area (Å²) in [6.07, 6.45) is 3.88. The van der Waals surface area contributed by atoms with Gasteiger partial charge < -0.3 is 63.0 Å². The van der Waals surface area contributed by atoms with E-state index in [9.17, 15) is 24.0 Å². The highest BCUT2D eigenvalue weighted by Gasteiger charge is 2.60. The van der Waals surface area contributed by atoms with Crippen molar-refractivity contribution in [3.63, 3.8) is 0 Å². The third-order valence-electron chi connectivity index (χ3n) is 19.4. The van der Waals surface area contributed by atoms with Crippen LogP contribution in [0.15, 0.2) is 86.0 Å². The Bertz CT molecular complexity index is 3370. The summed E-state index contributed by atoms with van der Waals surface area (Å²) in [5.74, 6) is -0.707. The van der Waals surface area contributed by atoms with Gasteiger partial charge in [0, 0.05) is 30.9 Å². The van der Waals surface area contributed by atoms with Crippen LogP contribution in [-0.4, -0.2) is 152 Å². The van der Waals surface area contributed by atoms with Crippen LogP contribution >= 0.6 is 0 Å². The first-order chi connectivity index (χ1) is 44.1. The van der Waals surface area contributed by atoms with Gasteiger partial charge in [-0.15, -0.1) is 0 Å². The van der Waals surface area contributed by atoms with Gasteiger partial charge in [0.05, 0.1) is 54.9 Å². The molecule has 5 aliphatic rings. The van der Waals surface area contributed by atoms with E-state index in [4.69, 9.17) is 37.3 Å². The number of nitrogens with zero attached hydrogens (tertiary/aromatic N) is 4. The molecule has 0 radical (unpaired) electrons. The van der Waals surface area contributed by atoms with Crippen LogP contribution in [0, 0.1) is 18.3 Å². The Morgan fingerprint density at radius 2 is 1.23 bits per heavy atom. The average Bonchev–Trinajstić information content (AvgIpc) is 1.56. The van der Waals surface area contributed by atoms with Gasteiger partial charge in [-0.2, -0.15) is 0 Å². The zero-order valence-corrected chi connectivity index (χ0v) is 59.7. The quantitative estimate of drug-likeness (QED) is 0.0309. The standard InChI is InChI=1S/C70H99N7O15Si2/c1-19-30-88-65(82)73-58(43(3)4)60(79)71-46(7)59(78)72-48-26-24-47(25-27-48)41-90-67(84)77-51-37-55(45(6)35-49(51)62(81)75-42-70(28-29-70)39-54(75)64(77)92-94(17,18)69(11,12)13)86-32-22-21-23-33-87-57-38-52-50(36-56(57)85-14)61(80)74-40-44(5)34-53(74)63(76(52)66(83)89-31-20-2)91-93(15,16)68(8,9)10/h19-20,24-27,35-38,43,46,53-54,58,63-64H,1-2,5,21-23,28-34,39-42H2,3-4,6-18H3,(H,71,79)(H,72,78)(H,73,82)/t46-,53-,54-,58-,63?,64?/m0/s1. The Labute approximate surface area is 556 Å². The fourth-order valence-corrected chi connectivity index (χ4v) is 14.1. The van der Waals surface area contributed by atoms with Crippen molar-refractivity contribution in [1.29, 1.82) is 0 Å². The van der Waals surface area contributed by atoms with Gasteiger partial charge in [-0.25, -0.2) is 24.2 Å². The number of aryl methyl sites for hydroxylation is 1. The number of rotatable bonds is 25. The van der Waals surface area contributed by atoms with Gasteiger partial charge in [0.25, 0.3) is 11.8 Å². The molecule has 3 N–H and O–H groups in total. The fraction of sp³-hybridized carbons (Fsp3) is 0.557. The molecule has 4 heterocycles. The summed E-state index contributed by atoms with van der Waals surface area (Å²) >= 11 is 0. The monoisotopic (exact) mass is 1330 g/mol. The van der Waals surface area contributed by atoms with Gasteiger partial charge in [-0.3, -0.25) is 19.2 Å². The van der Waals surface area contributed by atoms with Crippen molar-refractivity contribution < 1.29 is 70.8 Å². The fourth-order valence-electron chi connectivity index (χ4n) is 11.7. The van der Waals surface area contributed by atoms with Gasteiger partial charge >= 0.3 is 18.3 Å². The Morgan fingerprint density at radius 1 is 0.691 bits per heavy atom. The van der Waals surface area contributed by atoms with E-state index in [0.29, 0.717) is 97.1 Å². The van der Waals surface area contributed by atoms with Crippen molar-refractivity contribution in [2.45, 2.75) is 194 Å². The molecule has 0 bridgehead atoms. The minimum Gasteiger partial charge on any atom is -0.493 e. The molecule has 3 aromatic rings. The molecule has 6 atom stereocenters. The maximum atomic E-state index is 15.2. The molecule has 22 nitrogen and oxygen atoms in total. The molecule has 4 aliphatic heterocycles. The van der Waals surface area contributed by atoms with Crippen LogP contribution in [0.25, 0.3) is 0 Å². The van der Waals surface area contributed by atoms with Gasteiger partial charge in [0.2, 0.25) is 11.8 Å². The Morgan fingerprint density at radius 3 is 1.80 bits per heavy atom. The van der Waals surface area contributed by atoms with E-state index in [-0.39, 0.29) is 70.9 Å². The lowest BCUT2D eigenvalue weighted by Gasteiger charge is -2.44. The number of unbranched alkanes of at least 4 members (excludes halogenated alkanes) is 2. The lowest BCUT2D eigenvalue weighted by atomic mass is 10.0. The number of alkyl carbamates (subject to hydrolysis) is 1. The molecule has 0 aromatic heterocycles. The molecule has 1 aliphatic carbocycles. The van der Waals surface area contributed by atoms with Crippen LogP contribution in [0.1, 0.15) is 139 Å². The predicted molar refractivity (Wildman–Crippen MR) is 366 cm³/mol. The van der Waals surface area contributed by atoms with Crippen molar-refractivity contribution in [1.82, 2.24) is 20.4 Å². The third-order valence-corrected chi connectivity index (χ3v) is 28.3. The lowest BCUT2D eigenvalue weighted by molar-refractivity contribution is -0.128. The van der Waals surface area contributed by atoms with Gasteiger partial charge in [0.1, 0.15) is 37.7 Å². The van der Waals surface area contributed by atoms with E-state index in [1.165, 1.54) is 36.0 Å². The van der Waals surface area contributed by atoms with E-state index >= 15 is 9.59 Å². The number of amides is 7. The predicted octanol–water partition coefficient (Wildman–Crippen LogP) is 12.8. The van der Waals surface area contributed by atoms with E-state index in [1.54, 1.807) is 67.3 Å². The zero-order chi connectivity index (χ0) is 69.0. The van der Waals surface area contributed by atoms with Gasteiger partial charge in [0.15, 0.2) is 40.6 Å². The summed E-state index contributed by atoms with van der Waals surface area (Å²) in [5, 5.41) is 7.51. The van der Waals surface area contributed by atoms with Crippen LogP contribution in [0.4, 0.5) is 31.4 Å². The number of hydrogen-bond donors (Lipinski definition) is 3. The van der Waals surface area contributed by atoms with Crippen molar-refractivity contribution in [2.75, 3.05) is 61.7 Å². The second-order valence-corrected chi connectivity index (χ2v) is 38.5. The second-order valence-electron chi connectivity index (χ2n) is 28.9. The summed E-state index contributed by atoms with van der Waals surface area (Å²) in [5.41, 5.74) is 3.74. The molecule has 7 amide bonds. The van der Waals surface area contributed by atoms with Gasteiger partial charge in [-0.05, 0) is 142 Å². The van der Waals surface area contributed by atoms with Crippen molar-refractivity contribution in [2.24, 2.45) is 11.3 Å². The summed E-state index contributed by atoms with van der Waals surface area (Å²) in [6, 6.07) is 10.7. The Kier molecular flexibility index (Phi) is 22.4. The van der Waals surface area contributed by atoms with E-state index in [2.05, 4.69) is 103 Å². The number of benzene rings is 3. The van der Waals surface area contributed by atoms with Crippen LogP contribution < -0.4 is 40.0 Å². The molecule has 1 spiro atoms. The third kappa shape index (κ3) is 16.2.